The van der Waals surface area contributed by atoms with E-state index >= 15 is 0 Å². The third-order valence-electron chi connectivity index (χ3n) is 5.28. The van der Waals surface area contributed by atoms with E-state index in [-0.39, 0.29) is 0 Å². The predicted molar refractivity (Wildman–Crippen MR) is 123 cm³/mol. The molecule has 0 aliphatic rings. The molecule has 0 radical (unpaired) electrons. The van der Waals surface area contributed by atoms with Gasteiger partial charge in [0.1, 0.15) is 5.75 Å². The molecule has 3 aromatic rings. The number of ether oxygens (including phenoxy) is 1. The zero-order valence-corrected chi connectivity index (χ0v) is 17.9. The summed E-state index contributed by atoms with van der Waals surface area (Å²) in [6.07, 6.45) is 9.91. The Morgan fingerprint density at radius 1 is 0.655 bits per heavy atom. The molecule has 0 unspecified atom stereocenters. The summed E-state index contributed by atoms with van der Waals surface area (Å²) in [6, 6.07) is 21.7. The Balaban J connectivity index is 1.52. The van der Waals surface area contributed by atoms with Gasteiger partial charge in [0.2, 0.25) is 0 Å². The van der Waals surface area contributed by atoms with Crippen molar-refractivity contribution in [2.45, 2.75) is 58.8 Å². The molecule has 2 nitrogen and oxygen atoms in total. The van der Waals surface area contributed by atoms with E-state index in [2.05, 4.69) is 79.5 Å². The number of benzene rings is 2. The minimum atomic E-state index is 0.793. The monoisotopic (exact) mass is 387 g/mol. The van der Waals surface area contributed by atoms with E-state index in [9.17, 15) is 0 Å². The fraction of sp³-hybridized carbons (Fsp3) is 0.370. The Bertz CT molecular complexity index is 835. The second kappa shape index (κ2) is 11.4. The number of rotatable bonds is 11. The SMILES string of the molecule is CCCCOc1ccc(-c2ccc(CCc3ccc(CCCC)cn3)cc2)cc1. The number of nitrogens with zero attached hydrogens (tertiary/aromatic N) is 1. The van der Waals surface area contributed by atoms with Crippen LogP contribution in [-0.4, -0.2) is 11.6 Å². The highest BCUT2D eigenvalue weighted by atomic mass is 16.5. The van der Waals surface area contributed by atoms with Crippen LogP contribution in [-0.2, 0) is 19.3 Å². The van der Waals surface area contributed by atoms with Crippen molar-refractivity contribution in [3.63, 3.8) is 0 Å². The molecule has 0 aliphatic carbocycles. The summed E-state index contributed by atoms with van der Waals surface area (Å²) in [6.45, 7) is 5.20. The van der Waals surface area contributed by atoms with E-state index in [1.807, 2.05) is 6.20 Å². The normalized spacial score (nSPS) is 10.8. The van der Waals surface area contributed by atoms with Gasteiger partial charge in [-0.25, -0.2) is 0 Å². The van der Waals surface area contributed by atoms with Crippen molar-refractivity contribution in [2.75, 3.05) is 6.61 Å². The molecule has 0 spiro atoms. The van der Waals surface area contributed by atoms with Gasteiger partial charge in [-0.3, -0.25) is 4.98 Å². The van der Waals surface area contributed by atoms with Crippen LogP contribution in [0.4, 0.5) is 0 Å². The van der Waals surface area contributed by atoms with Crippen molar-refractivity contribution in [1.82, 2.24) is 4.98 Å². The second-order valence-electron chi connectivity index (χ2n) is 7.68. The number of hydrogen-bond donors (Lipinski definition) is 0. The van der Waals surface area contributed by atoms with Crippen LogP contribution in [0.3, 0.4) is 0 Å². The van der Waals surface area contributed by atoms with E-state index in [0.717, 1.165) is 44.5 Å². The zero-order valence-electron chi connectivity index (χ0n) is 17.9. The molecule has 0 bridgehead atoms. The lowest BCUT2D eigenvalue weighted by molar-refractivity contribution is 0.309. The van der Waals surface area contributed by atoms with Crippen molar-refractivity contribution in [3.05, 3.63) is 83.7 Å². The van der Waals surface area contributed by atoms with Gasteiger partial charge in [0.25, 0.3) is 0 Å². The Labute approximate surface area is 176 Å². The van der Waals surface area contributed by atoms with Crippen molar-refractivity contribution in [1.29, 1.82) is 0 Å². The van der Waals surface area contributed by atoms with Gasteiger partial charge in [0.05, 0.1) is 6.61 Å². The van der Waals surface area contributed by atoms with Crippen molar-refractivity contribution < 1.29 is 4.74 Å². The lowest BCUT2D eigenvalue weighted by atomic mass is 10.0. The van der Waals surface area contributed by atoms with Crippen LogP contribution in [0.25, 0.3) is 11.1 Å². The minimum Gasteiger partial charge on any atom is -0.494 e. The molecular formula is C27H33NO. The molecule has 1 heterocycles. The lowest BCUT2D eigenvalue weighted by Gasteiger charge is -2.08. The molecule has 0 N–H and O–H groups in total. The fourth-order valence-electron chi connectivity index (χ4n) is 3.35. The highest BCUT2D eigenvalue weighted by Crippen LogP contribution is 2.23. The van der Waals surface area contributed by atoms with Crippen LogP contribution in [0.15, 0.2) is 66.9 Å². The maximum Gasteiger partial charge on any atom is 0.119 e. The van der Waals surface area contributed by atoms with Gasteiger partial charge in [0, 0.05) is 11.9 Å². The Morgan fingerprint density at radius 2 is 1.31 bits per heavy atom. The molecule has 0 fully saturated rings. The average molecular weight is 388 g/mol. The van der Waals surface area contributed by atoms with Gasteiger partial charge in [0.15, 0.2) is 0 Å². The highest BCUT2D eigenvalue weighted by molar-refractivity contribution is 5.64. The molecule has 152 valence electrons. The topological polar surface area (TPSA) is 22.1 Å². The van der Waals surface area contributed by atoms with Gasteiger partial charge in [-0.2, -0.15) is 0 Å². The fourth-order valence-corrected chi connectivity index (χ4v) is 3.35. The van der Waals surface area contributed by atoms with Crippen molar-refractivity contribution >= 4 is 0 Å². The van der Waals surface area contributed by atoms with Gasteiger partial charge >= 0.3 is 0 Å². The quantitative estimate of drug-likeness (QED) is 0.329. The van der Waals surface area contributed by atoms with Crippen LogP contribution < -0.4 is 4.74 Å². The van der Waals surface area contributed by atoms with Crippen molar-refractivity contribution in [2.24, 2.45) is 0 Å². The summed E-state index contributed by atoms with van der Waals surface area (Å²) in [5.41, 5.74) is 6.34. The zero-order chi connectivity index (χ0) is 20.3. The number of hydrogen-bond acceptors (Lipinski definition) is 2. The largest absolute Gasteiger partial charge is 0.494 e. The first kappa shape index (κ1) is 21.1. The van der Waals surface area contributed by atoms with Crippen LogP contribution in [0.1, 0.15) is 56.4 Å². The molecule has 2 heteroatoms. The molecule has 0 atom stereocenters. The number of unbranched alkanes of at least 4 members (excludes halogenated alkanes) is 2. The first-order valence-electron chi connectivity index (χ1n) is 11.0. The second-order valence-corrected chi connectivity index (χ2v) is 7.68. The standard InChI is InChI=1S/C27H33NO/c1-3-5-7-23-11-17-26(28-21-23)16-10-22-8-12-24(13-9-22)25-14-18-27(19-15-25)29-20-6-4-2/h8-9,11-15,17-19,21H,3-7,10,16,20H2,1-2H3. The average Bonchev–Trinajstić information content (AvgIpc) is 2.78. The first-order valence-corrected chi connectivity index (χ1v) is 11.0. The smallest absolute Gasteiger partial charge is 0.119 e. The number of pyridine rings is 1. The molecule has 2 aromatic carbocycles. The maximum atomic E-state index is 5.75. The van der Waals surface area contributed by atoms with Gasteiger partial charge in [-0.1, -0.05) is 69.2 Å². The summed E-state index contributed by atoms with van der Waals surface area (Å²) in [4.78, 5) is 4.63. The van der Waals surface area contributed by atoms with Crippen LogP contribution in [0, 0.1) is 0 Å². The van der Waals surface area contributed by atoms with E-state index in [0.29, 0.717) is 0 Å². The molecule has 0 saturated heterocycles. The van der Waals surface area contributed by atoms with E-state index in [4.69, 9.17) is 4.74 Å². The first-order chi connectivity index (χ1) is 14.3. The molecule has 0 amide bonds. The summed E-state index contributed by atoms with van der Waals surface area (Å²) < 4.78 is 5.75. The van der Waals surface area contributed by atoms with Crippen LogP contribution in [0.5, 0.6) is 5.75 Å². The Kier molecular flexibility index (Phi) is 8.30. The Morgan fingerprint density at radius 3 is 1.93 bits per heavy atom. The summed E-state index contributed by atoms with van der Waals surface area (Å²) >= 11 is 0. The maximum absolute atomic E-state index is 5.75. The molecule has 1 aromatic heterocycles. The predicted octanol–water partition coefficient (Wildman–Crippen LogP) is 7.06. The molecular weight excluding hydrogens is 354 g/mol. The molecule has 29 heavy (non-hydrogen) atoms. The third kappa shape index (κ3) is 6.74. The number of aryl methyl sites for hydroxylation is 3. The number of aromatic nitrogens is 1. The van der Waals surface area contributed by atoms with E-state index in [1.165, 1.54) is 40.8 Å². The van der Waals surface area contributed by atoms with E-state index in [1.54, 1.807) is 0 Å². The summed E-state index contributed by atoms with van der Waals surface area (Å²) in [5, 5.41) is 0. The van der Waals surface area contributed by atoms with E-state index < -0.39 is 0 Å². The summed E-state index contributed by atoms with van der Waals surface area (Å²) in [7, 11) is 0. The molecule has 3 rings (SSSR count). The molecule has 0 saturated carbocycles. The van der Waals surface area contributed by atoms with Crippen LogP contribution >= 0.6 is 0 Å². The summed E-state index contributed by atoms with van der Waals surface area (Å²) in [5.74, 6) is 0.951. The third-order valence-corrected chi connectivity index (χ3v) is 5.28. The highest BCUT2D eigenvalue weighted by Gasteiger charge is 2.02. The van der Waals surface area contributed by atoms with Gasteiger partial charge < -0.3 is 4.74 Å². The van der Waals surface area contributed by atoms with Crippen molar-refractivity contribution in [3.8, 4) is 16.9 Å². The van der Waals surface area contributed by atoms with Crippen LogP contribution in [0.2, 0.25) is 0 Å². The Hall–Kier alpha value is -2.61. The van der Waals surface area contributed by atoms with Gasteiger partial charge in [-0.15, -0.1) is 0 Å². The van der Waals surface area contributed by atoms with Gasteiger partial charge in [-0.05, 0) is 72.6 Å². The lowest BCUT2D eigenvalue weighted by Crippen LogP contribution is -1.96. The molecule has 0 aliphatic heterocycles. The minimum absolute atomic E-state index is 0.793.